The van der Waals surface area contributed by atoms with Crippen molar-refractivity contribution in [1.29, 1.82) is 0 Å². The van der Waals surface area contributed by atoms with Gasteiger partial charge in [0.2, 0.25) is 0 Å². The van der Waals surface area contributed by atoms with Crippen LogP contribution >= 0.6 is 11.8 Å². The minimum Gasteiger partial charge on any atom is -0.330 e. The number of carbonyl (C=O) groups excluding carboxylic acids is 1. The summed E-state index contributed by atoms with van der Waals surface area (Å²) in [5.41, 5.74) is 4.01. The fraction of sp³-hybridized carbons (Fsp3) is 0. The second-order valence-corrected chi connectivity index (χ2v) is 6.41. The molecule has 1 aliphatic rings. The maximum absolute atomic E-state index is 11.0. The van der Waals surface area contributed by atoms with E-state index in [-0.39, 0.29) is 0 Å². The van der Waals surface area contributed by atoms with E-state index in [4.69, 9.17) is 0 Å². The molecule has 0 aliphatic carbocycles. The van der Waals surface area contributed by atoms with Gasteiger partial charge in [0.05, 0.1) is 17.9 Å². The quantitative estimate of drug-likeness (QED) is 0.611. The van der Waals surface area contributed by atoms with Crippen molar-refractivity contribution in [3.8, 4) is 0 Å². The van der Waals surface area contributed by atoms with E-state index in [9.17, 15) is 4.79 Å². The van der Waals surface area contributed by atoms with E-state index >= 15 is 0 Å². The van der Waals surface area contributed by atoms with E-state index in [1.807, 2.05) is 24.3 Å². The average Bonchev–Trinajstić information content (AvgIpc) is 2.61. The van der Waals surface area contributed by atoms with Crippen LogP contribution in [0.4, 0.5) is 11.4 Å². The number of hydrogen-bond acceptors (Lipinski definition) is 3. The number of aldehydes is 1. The van der Waals surface area contributed by atoms with E-state index in [1.54, 1.807) is 11.8 Å². The molecule has 4 rings (SSSR count). The Bertz CT molecular complexity index is 829. The molecule has 23 heavy (non-hydrogen) atoms. The summed E-state index contributed by atoms with van der Waals surface area (Å²) in [5.74, 6) is 0. The number of fused-ring (bicyclic) bond motifs is 2. The van der Waals surface area contributed by atoms with E-state index in [0.29, 0.717) is 5.56 Å². The van der Waals surface area contributed by atoms with Crippen LogP contribution in [-0.2, 0) is 0 Å². The fourth-order valence-corrected chi connectivity index (χ4v) is 3.81. The molecule has 0 N–H and O–H groups in total. The SMILES string of the molecule is O=Cc1cccc([CH]N2c3ccccc3Sc3ccccc32)c1. The van der Waals surface area contributed by atoms with Crippen molar-refractivity contribution in [2.75, 3.05) is 4.90 Å². The minimum atomic E-state index is 0.687. The molecule has 3 heteroatoms. The molecule has 1 aliphatic heterocycles. The van der Waals surface area contributed by atoms with Crippen LogP contribution in [0, 0.1) is 6.54 Å². The predicted molar refractivity (Wildman–Crippen MR) is 94.4 cm³/mol. The van der Waals surface area contributed by atoms with Crippen molar-refractivity contribution < 1.29 is 4.79 Å². The Morgan fingerprint density at radius 2 is 1.35 bits per heavy atom. The Hall–Kier alpha value is -2.52. The standard InChI is InChI=1S/C20H14NOS/c22-14-16-7-5-6-15(12-16)13-21-17-8-1-3-10-19(17)23-20-11-4-2-9-18(20)21/h1-14H. The average molecular weight is 316 g/mol. The Kier molecular flexibility index (Phi) is 3.64. The fourth-order valence-electron chi connectivity index (χ4n) is 2.73. The number of carbonyl (C=O) groups is 1. The number of benzene rings is 3. The number of anilines is 2. The van der Waals surface area contributed by atoms with Gasteiger partial charge in [0, 0.05) is 15.4 Å². The summed E-state index contributed by atoms with van der Waals surface area (Å²) in [7, 11) is 0. The van der Waals surface area contributed by atoms with Crippen LogP contribution in [0.1, 0.15) is 15.9 Å². The van der Waals surface area contributed by atoms with Gasteiger partial charge in [0.25, 0.3) is 0 Å². The number of rotatable bonds is 3. The van der Waals surface area contributed by atoms with Crippen LogP contribution < -0.4 is 4.90 Å². The number of para-hydroxylation sites is 2. The van der Waals surface area contributed by atoms with Crippen molar-refractivity contribution in [1.82, 2.24) is 0 Å². The lowest BCUT2D eigenvalue weighted by Crippen LogP contribution is -2.18. The lowest BCUT2D eigenvalue weighted by molar-refractivity contribution is 0.112. The topological polar surface area (TPSA) is 20.3 Å². The van der Waals surface area contributed by atoms with Gasteiger partial charge in [0.1, 0.15) is 6.29 Å². The molecular formula is C20H14NOS. The Balaban J connectivity index is 1.79. The van der Waals surface area contributed by atoms with E-state index in [2.05, 4.69) is 60.0 Å². The first-order valence-corrected chi connectivity index (χ1v) is 8.22. The molecular weight excluding hydrogens is 302 g/mol. The largest absolute Gasteiger partial charge is 0.330 e. The molecule has 0 fully saturated rings. The van der Waals surface area contributed by atoms with Crippen molar-refractivity contribution in [2.24, 2.45) is 0 Å². The summed E-state index contributed by atoms with van der Waals surface area (Å²) in [6.45, 7) is 2.09. The molecule has 0 atom stereocenters. The minimum absolute atomic E-state index is 0.687. The Morgan fingerprint density at radius 3 is 2.00 bits per heavy atom. The summed E-state index contributed by atoms with van der Waals surface area (Å²) in [4.78, 5) is 15.7. The van der Waals surface area contributed by atoms with E-state index < -0.39 is 0 Å². The van der Waals surface area contributed by atoms with Gasteiger partial charge < -0.3 is 4.90 Å². The number of nitrogens with zero attached hydrogens (tertiary/aromatic N) is 1. The first-order chi connectivity index (χ1) is 11.3. The first-order valence-electron chi connectivity index (χ1n) is 7.40. The molecule has 0 saturated heterocycles. The Labute approximate surface area is 139 Å². The summed E-state index contributed by atoms with van der Waals surface area (Å²) >= 11 is 1.79. The van der Waals surface area contributed by atoms with Gasteiger partial charge in [-0.25, -0.2) is 0 Å². The summed E-state index contributed by atoms with van der Waals surface area (Å²) in [6, 6.07) is 24.4. The molecule has 2 nitrogen and oxygen atoms in total. The highest BCUT2D eigenvalue weighted by Crippen LogP contribution is 2.48. The van der Waals surface area contributed by atoms with Gasteiger partial charge in [-0.2, -0.15) is 0 Å². The molecule has 0 spiro atoms. The third kappa shape index (κ3) is 2.64. The zero-order valence-electron chi connectivity index (χ0n) is 12.3. The third-order valence-corrected chi connectivity index (χ3v) is 4.92. The van der Waals surface area contributed by atoms with Crippen molar-refractivity contribution in [3.05, 3.63) is 90.5 Å². The normalized spacial score (nSPS) is 12.4. The third-order valence-electron chi connectivity index (χ3n) is 3.79. The zero-order chi connectivity index (χ0) is 15.6. The van der Waals surface area contributed by atoms with Gasteiger partial charge in [-0.15, -0.1) is 0 Å². The van der Waals surface area contributed by atoms with Gasteiger partial charge >= 0.3 is 0 Å². The van der Waals surface area contributed by atoms with Gasteiger partial charge in [-0.05, 0) is 35.9 Å². The van der Waals surface area contributed by atoms with Crippen LogP contribution in [0.2, 0.25) is 0 Å². The first kappa shape index (κ1) is 14.1. The molecule has 1 heterocycles. The summed E-state index contributed by atoms with van der Waals surface area (Å²) in [6.07, 6.45) is 0.880. The van der Waals surface area contributed by atoms with Crippen LogP contribution in [-0.4, -0.2) is 6.29 Å². The molecule has 0 bridgehead atoms. The smallest absolute Gasteiger partial charge is 0.150 e. The highest BCUT2D eigenvalue weighted by Gasteiger charge is 2.23. The lowest BCUT2D eigenvalue weighted by Gasteiger charge is -2.32. The van der Waals surface area contributed by atoms with Crippen molar-refractivity contribution in [2.45, 2.75) is 9.79 Å². The molecule has 111 valence electrons. The molecule has 3 aromatic carbocycles. The summed E-state index contributed by atoms with van der Waals surface area (Å²) < 4.78 is 0. The summed E-state index contributed by atoms with van der Waals surface area (Å²) in [5, 5.41) is 0. The van der Waals surface area contributed by atoms with Crippen molar-refractivity contribution in [3.63, 3.8) is 0 Å². The van der Waals surface area contributed by atoms with Gasteiger partial charge in [-0.3, -0.25) is 4.79 Å². The van der Waals surface area contributed by atoms with Crippen LogP contribution in [0.5, 0.6) is 0 Å². The molecule has 0 saturated carbocycles. The van der Waals surface area contributed by atoms with Gasteiger partial charge in [-0.1, -0.05) is 54.2 Å². The molecule has 1 radical (unpaired) electrons. The van der Waals surface area contributed by atoms with Crippen LogP contribution in [0.15, 0.2) is 82.6 Å². The second-order valence-electron chi connectivity index (χ2n) is 5.32. The Morgan fingerprint density at radius 1 is 0.739 bits per heavy atom. The zero-order valence-corrected chi connectivity index (χ0v) is 13.2. The number of hydrogen-bond donors (Lipinski definition) is 0. The molecule has 3 aromatic rings. The highest BCUT2D eigenvalue weighted by atomic mass is 32.2. The highest BCUT2D eigenvalue weighted by molar-refractivity contribution is 7.99. The van der Waals surface area contributed by atoms with Crippen LogP contribution in [0.3, 0.4) is 0 Å². The maximum Gasteiger partial charge on any atom is 0.150 e. The van der Waals surface area contributed by atoms with E-state index in [0.717, 1.165) is 23.2 Å². The maximum atomic E-state index is 11.0. The van der Waals surface area contributed by atoms with Gasteiger partial charge in [0.15, 0.2) is 0 Å². The molecule has 0 amide bonds. The monoisotopic (exact) mass is 316 g/mol. The van der Waals surface area contributed by atoms with Crippen LogP contribution in [0.25, 0.3) is 0 Å². The van der Waals surface area contributed by atoms with Crippen molar-refractivity contribution >= 4 is 29.4 Å². The molecule has 0 unspecified atom stereocenters. The lowest BCUT2D eigenvalue weighted by atomic mass is 10.1. The van der Waals surface area contributed by atoms with E-state index in [1.165, 1.54) is 9.79 Å². The molecule has 0 aromatic heterocycles. The second kappa shape index (κ2) is 5.94. The predicted octanol–water partition coefficient (Wildman–Crippen LogP) is 5.31.